The third-order valence-corrected chi connectivity index (χ3v) is 4.96. The number of hydrogen-bond donors (Lipinski definition) is 1. The van der Waals surface area contributed by atoms with Crippen molar-refractivity contribution in [3.05, 3.63) is 63.2 Å². The Labute approximate surface area is 162 Å². The Kier molecular flexibility index (Phi) is 5.93. The zero-order valence-corrected chi connectivity index (χ0v) is 15.8. The Hall–Kier alpha value is -2.64. The molecular formula is C19H21ClN4O3. The molecule has 1 aliphatic heterocycles. The molecule has 0 spiro atoms. The lowest BCUT2D eigenvalue weighted by atomic mass is 10.1. The van der Waals surface area contributed by atoms with Crippen molar-refractivity contribution in [1.29, 1.82) is 0 Å². The molecule has 0 bridgehead atoms. The molecule has 1 fully saturated rings. The van der Waals surface area contributed by atoms with Crippen molar-refractivity contribution in [3.63, 3.8) is 0 Å². The summed E-state index contributed by atoms with van der Waals surface area (Å²) in [7, 11) is 0. The van der Waals surface area contributed by atoms with E-state index in [0.717, 1.165) is 31.9 Å². The zero-order valence-electron chi connectivity index (χ0n) is 15.0. The fourth-order valence-electron chi connectivity index (χ4n) is 3.16. The van der Waals surface area contributed by atoms with Gasteiger partial charge in [-0.3, -0.25) is 19.8 Å². The predicted octanol–water partition coefficient (Wildman–Crippen LogP) is 3.32. The van der Waals surface area contributed by atoms with Gasteiger partial charge in [-0.05, 0) is 31.2 Å². The van der Waals surface area contributed by atoms with Crippen LogP contribution in [0.4, 0.5) is 17.1 Å². The van der Waals surface area contributed by atoms with Gasteiger partial charge in [0.05, 0.1) is 22.2 Å². The highest BCUT2D eigenvalue weighted by Crippen LogP contribution is 2.25. The van der Waals surface area contributed by atoms with E-state index in [2.05, 4.69) is 15.1 Å². The van der Waals surface area contributed by atoms with E-state index in [1.807, 2.05) is 18.2 Å². The van der Waals surface area contributed by atoms with E-state index in [1.165, 1.54) is 0 Å². The fourth-order valence-corrected chi connectivity index (χ4v) is 3.34. The largest absolute Gasteiger partial charge is 0.369 e. The van der Waals surface area contributed by atoms with E-state index >= 15 is 0 Å². The van der Waals surface area contributed by atoms with Crippen LogP contribution in [0.3, 0.4) is 0 Å². The third-order valence-electron chi connectivity index (χ3n) is 4.63. The number of halogens is 1. The van der Waals surface area contributed by atoms with Gasteiger partial charge < -0.3 is 10.2 Å². The van der Waals surface area contributed by atoms with Gasteiger partial charge in [0.2, 0.25) is 5.91 Å². The van der Waals surface area contributed by atoms with Crippen LogP contribution in [0.1, 0.15) is 5.56 Å². The minimum absolute atomic E-state index is 0.0947. The number of nitro groups is 1. The van der Waals surface area contributed by atoms with Crippen molar-refractivity contribution in [2.45, 2.75) is 6.92 Å². The number of rotatable bonds is 5. The second-order valence-corrected chi connectivity index (χ2v) is 6.93. The van der Waals surface area contributed by atoms with Crippen molar-refractivity contribution in [2.75, 3.05) is 42.9 Å². The number of nitro benzene ring substituents is 1. The molecule has 2 aromatic rings. The maximum absolute atomic E-state index is 12.2. The minimum Gasteiger partial charge on any atom is -0.369 e. The summed E-state index contributed by atoms with van der Waals surface area (Å²) in [5, 5.41) is 14.3. The number of amides is 1. The molecule has 27 heavy (non-hydrogen) atoms. The lowest BCUT2D eigenvalue weighted by Gasteiger charge is -2.35. The smallest absolute Gasteiger partial charge is 0.272 e. The first-order valence-electron chi connectivity index (χ1n) is 8.71. The molecule has 1 N–H and O–H groups in total. The Morgan fingerprint density at radius 3 is 2.52 bits per heavy atom. The van der Waals surface area contributed by atoms with E-state index in [-0.39, 0.29) is 16.5 Å². The Bertz CT molecular complexity index is 851. The van der Waals surface area contributed by atoms with Crippen LogP contribution in [0.5, 0.6) is 0 Å². The van der Waals surface area contributed by atoms with Gasteiger partial charge in [-0.15, -0.1) is 0 Å². The van der Waals surface area contributed by atoms with Crippen LogP contribution >= 0.6 is 11.6 Å². The van der Waals surface area contributed by atoms with Crippen LogP contribution in [0.15, 0.2) is 42.5 Å². The lowest BCUT2D eigenvalue weighted by Crippen LogP contribution is -2.48. The molecule has 1 aliphatic rings. The number of benzene rings is 2. The molecular weight excluding hydrogens is 368 g/mol. The Morgan fingerprint density at radius 2 is 1.89 bits per heavy atom. The number of nitrogens with one attached hydrogen (secondary N) is 1. The highest BCUT2D eigenvalue weighted by Gasteiger charge is 2.21. The average Bonchev–Trinajstić information content (AvgIpc) is 2.64. The number of aryl methyl sites for hydroxylation is 1. The molecule has 0 aliphatic carbocycles. The van der Waals surface area contributed by atoms with E-state index < -0.39 is 0 Å². The van der Waals surface area contributed by atoms with Gasteiger partial charge in [-0.25, -0.2) is 0 Å². The number of piperazine rings is 1. The minimum atomic E-state index is -0.366. The second-order valence-electron chi connectivity index (χ2n) is 6.52. The Balaban J connectivity index is 1.53. The molecule has 0 atom stereocenters. The summed E-state index contributed by atoms with van der Waals surface area (Å²) in [6.45, 7) is 5.06. The summed E-state index contributed by atoms with van der Waals surface area (Å²) in [5.74, 6) is -0.0947. The third kappa shape index (κ3) is 4.75. The molecule has 142 valence electrons. The highest BCUT2D eigenvalue weighted by atomic mass is 35.5. The van der Waals surface area contributed by atoms with Crippen molar-refractivity contribution < 1.29 is 9.72 Å². The quantitative estimate of drug-likeness (QED) is 0.628. The van der Waals surface area contributed by atoms with Crippen molar-refractivity contribution >= 4 is 34.6 Å². The van der Waals surface area contributed by atoms with Gasteiger partial charge in [-0.1, -0.05) is 23.7 Å². The number of nitrogens with zero attached hydrogens (tertiary/aromatic N) is 3. The molecule has 7 nitrogen and oxygen atoms in total. The van der Waals surface area contributed by atoms with Crippen molar-refractivity contribution in [3.8, 4) is 0 Å². The van der Waals surface area contributed by atoms with Gasteiger partial charge in [0.1, 0.15) is 0 Å². The highest BCUT2D eigenvalue weighted by molar-refractivity contribution is 6.33. The maximum Gasteiger partial charge on any atom is 0.272 e. The molecule has 2 aromatic carbocycles. The molecule has 0 radical (unpaired) electrons. The zero-order chi connectivity index (χ0) is 19.4. The summed E-state index contributed by atoms with van der Waals surface area (Å²) in [5.41, 5.74) is 2.37. The molecule has 0 unspecified atom stereocenters. The average molecular weight is 389 g/mol. The number of anilines is 2. The molecule has 8 heteroatoms. The van der Waals surface area contributed by atoms with Crippen molar-refractivity contribution in [1.82, 2.24) is 4.90 Å². The molecule has 1 saturated heterocycles. The first-order chi connectivity index (χ1) is 12.9. The normalized spacial score (nSPS) is 14.8. The van der Waals surface area contributed by atoms with E-state index in [4.69, 9.17) is 11.6 Å². The molecule has 0 saturated carbocycles. The molecule has 3 rings (SSSR count). The second kappa shape index (κ2) is 8.37. The summed E-state index contributed by atoms with van der Waals surface area (Å²) in [4.78, 5) is 27.1. The van der Waals surface area contributed by atoms with Gasteiger partial charge in [0, 0.05) is 43.5 Å². The number of carbonyl (C=O) groups is 1. The van der Waals surface area contributed by atoms with Gasteiger partial charge in [0.25, 0.3) is 5.69 Å². The van der Waals surface area contributed by atoms with Gasteiger partial charge in [-0.2, -0.15) is 0 Å². The van der Waals surface area contributed by atoms with Crippen molar-refractivity contribution in [2.24, 2.45) is 0 Å². The van der Waals surface area contributed by atoms with Crippen LogP contribution in [0.25, 0.3) is 0 Å². The molecule has 1 amide bonds. The van der Waals surface area contributed by atoms with Crippen LogP contribution < -0.4 is 10.2 Å². The topological polar surface area (TPSA) is 78.7 Å². The van der Waals surface area contributed by atoms with E-state index in [1.54, 1.807) is 31.2 Å². The molecule has 1 heterocycles. The summed E-state index contributed by atoms with van der Waals surface area (Å²) < 4.78 is 0. The summed E-state index contributed by atoms with van der Waals surface area (Å²) >= 11 is 6.06. The van der Waals surface area contributed by atoms with Crippen LogP contribution in [0.2, 0.25) is 5.02 Å². The fraction of sp³-hybridized carbons (Fsp3) is 0.316. The summed E-state index contributed by atoms with van der Waals surface area (Å²) in [6, 6.07) is 12.3. The Morgan fingerprint density at radius 1 is 1.19 bits per heavy atom. The summed E-state index contributed by atoms with van der Waals surface area (Å²) in [6.07, 6.45) is 0. The maximum atomic E-state index is 12.2. The van der Waals surface area contributed by atoms with Gasteiger partial charge >= 0.3 is 0 Å². The molecule has 0 aromatic heterocycles. The van der Waals surface area contributed by atoms with Crippen LogP contribution in [0, 0.1) is 17.0 Å². The first-order valence-corrected chi connectivity index (χ1v) is 9.08. The SMILES string of the molecule is Cc1cc(N2CCN(CC(=O)Nc3ccccc3Cl)CC2)ccc1[N+](=O)[O-]. The predicted molar refractivity (Wildman–Crippen MR) is 107 cm³/mol. The van der Waals surface area contributed by atoms with E-state index in [9.17, 15) is 14.9 Å². The lowest BCUT2D eigenvalue weighted by molar-refractivity contribution is -0.385. The van der Waals surface area contributed by atoms with E-state index in [0.29, 0.717) is 22.8 Å². The van der Waals surface area contributed by atoms with Crippen LogP contribution in [-0.4, -0.2) is 48.5 Å². The van der Waals surface area contributed by atoms with Crippen LogP contribution in [-0.2, 0) is 4.79 Å². The number of hydrogen-bond acceptors (Lipinski definition) is 5. The standard InChI is InChI=1S/C19H21ClN4O3/c1-14-12-15(6-7-18(14)24(26)27)23-10-8-22(9-11-23)13-19(25)21-17-5-3-2-4-16(17)20/h2-7,12H,8-11,13H2,1H3,(H,21,25). The first kappa shape index (κ1) is 19.1. The number of para-hydroxylation sites is 1. The monoisotopic (exact) mass is 388 g/mol. The van der Waals surface area contributed by atoms with Gasteiger partial charge in [0.15, 0.2) is 0 Å². The number of carbonyl (C=O) groups excluding carboxylic acids is 1.